The summed E-state index contributed by atoms with van der Waals surface area (Å²) in [6.07, 6.45) is 10.2. The highest BCUT2D eigenvalue weighted by Crippen LogP contribution is 2.55. The highest BCUT2D eigenvalue weighted by molar-refractivity contribution is 5.96. The van der Waals surface area contributed by atoms with Gasteiger partial charge in [0.2, 0.25) is 5.88 Å². The van der Waals surface area contributed by atoms with E-state index in [1.165, 1.54) is 0 Å². The number of aliphatic hydroxyl groups is 1. The van der Waals surface area contributed by atoms with Crippen LogP contribution in [0.25, 0.3) is 6.20 Å². The van der Waals surface area contributed by atoms with Crippen molar-refractivity contribution < 1.29 is 14.6 Å². The molecule has 0 aromatic carbocycles. The van der Waals surface area contributed by atoms with Crippen LogP contribution in [0.1, 0.15) is 70.2 Å². The number of aromatic nitrogens is 2. The molecule has 0 spiro atoms. The molecule has 32 heavy (non-hydrogen) atoms. The summed E-state index contributed by atoms with van der Waals surface area (Å²) in [6, 6.07) is 0.120. The number of hydrogen-bond donors (Lipinski definition) is 4. The highest BCUT2D eigenvalue weighted by atomic mass is 16.5. The number of amides is 1. The minimum absolute atomic E-state index is 0.120. The van der Waals surface area contributed by atoms with Crippen molar-refractivity contribution in [2.24, 2.45) is 23.7 Å². The minimum atomic E-state index is -0.507. The van der Waals surface area contributed by atoms with Crippen LogP contribution < -0.4 is 20.9 Å². The SMILES string of the molecule is CNNC(C)(C)C=Cn1ncc(C(=O)NC2C3CC4CC2CC(O)(C4)C3)c1OCC(C)C. The summed E-state index contributed by atoms with van der Waals surface area (Å²) in [6.45, 7) is 8.73. The molecule has 0 aliphatic heterocycles. The van der Waals surface area contributed by atoms with E-state index in [4.69, 9.17) is 4.74 Å². The first-order chi connectivity index (χ1) is 15.1. The third-order valence-electron chi connectivity index (χ3n) is 7.17. The van der Waals surface area contributed by atoms with Crippen molar-refractivity contribution in [1.29, 1.82) is 0 Å². The molecule has 4 saturated carbocycles. The topological polar surface area (TPSA) is 100 Å². The second kappa shape index (κ2) is 8.80. The fourth-order valence-corrected chi connectivity index (χ4v) is 6.07. The number of rotatable bonds is 9. The van der Waals surface area contributed by atoms with Crippen molar-refractivity contribution in [3.8, 4) is 5.88 Å². The van der Waals surface area contributed by atoms with E-state index in [9.17, 15) is 9.90 Å². The van der Waals surface area contributed by atoms with Crippen LogP contribution in [0.3, 0.4) is 0 Å². The van der Waals surface area contributed by atoms with Gasteiger partial charge in [-0.3, -0.25) is 10.2 Å². The van der Waals surface area contributed by atoms with Gasteiger partial charge >= 0.3 is 0 Å². The van der Waals surface area contributed by atoms with Gasteiger partial charge in [0.15, 0.2) is 0 Å². The van der Waals surface area contributed by atoms with Crippen LogP contribution in [0.2, 0.25) is 0 Å². The molecule has 8 nitrogen and oxygen atoms in total. The van der Waals surface area contributed by atoms with E-state index in [1.807, 2.05) is 33.2 Å². The molecule has 178 valence electrons. The van der Waals surface area contributed by atoms with Crippen molar-refractivity contribution in [2.45, 2.75) is 77.0 Å². The second-order valence-corrected chi connectivity index (χ2v) is 11.1. The summed E-state index contributed by atoms with van der Waals surface area (Å²) >= 11 is 0. The Morgan fingerprint density at radius 1 is 1.34 bits per heavy atom. The Morgan fingerprint density at radius 2 is 2.03 bits per heavy atom. The Morgan fingerprint density at radius 3 is 2.62 bits per heavy atom. The third-order valence-corrected chi connectivity index (χ3v) is 7.17. The average Bonchev–Trinajstić information content (AvgIpc) is 3.09. The van der Waals surface area contributed by atoms with E-state index >= 15 is 0 Å². The van der Waals surface area contributed by atoms with Crippen molar-refractivity contribution in [2.75, 3.05) is 13.7 Å². The number of nitrogens with zero attached hydrogens (tertiary/aromatic N) is 2. The predicted octanol–water partition coefficient (Wildman–Crippen LogP) is 2.56. The van der Waals surface area contributed by atoms with Gasteiger partial charge in [0, 0.05) is 17.8 Å². The summed E-state index contributed by atoms with van der Waals surface area (Å²) in [4.78, 5) is 13.3. The van der Waals surface area contributed by atoms with Gasteiger partial charge in [-0.25, -0.2) is 10.1 Å². The molecule has 1 amide bonds. The fourth-order valence-electron chi connectivity index (χ4n) is 6.07. The van der Waals surface area contributed by atoms with Gasteiger partial charge in [-0.15, -0.1) is 0 Å². The first kappa shape index (κ1) is 23.3. The van der Waals surface area contributed by atoms with Gasteiger partial charge in [-0.1, -0.05) is 13.8 Å². The normalized spacial score (nSPS) is 31.6. The van der Waals surface area contributed by atoms with E-state index in [0.717, 1.165) is 32.1 Å². The van der Waals surface area contributed by atoms with Crippen molar-refractivity contribution in [3.05, 3.63) is 17.8 Å². The molecule has 4 N–H and O–H groups in total. The Kier molecular flexibility index (Phi) is 6.40. The Labute approximate surface area is 191 Å². The molecule has 2 atom stereocenters. The number of hydrazine groups is 1. The maximum absolute atomic E-state index is 13.3. The van der Waals surface area contributed by atoms with E-state index in [1.54, 1.807) is 10.9 Å². The van der Waals surface area contributed by atoms with Crippen LogP contribution in [-0.4, -0.2) is 51.6 Å². The van der Waals surface area contributed by atoms with E-state index in [-0.39, 0.29) is 17.5 Å². The van der Waals surface area contributed by atoms with Crippen LogP contribution in [0, 0.1) is 23.7 Å². The van der Waals surface area contributed by atoms with Gasteiger partial charge in [-0.2, -0.15) is 5.10 Å². The monoisotopic (exact) mass is 445 g/mol. The molecule has 5 rings (SSSR count). The summed E-state index contributed by atoms with van der Waals surface area (Å²) in [5, 5.41) is 18.6. The lowest BCUT2D eigenvalue weighted by Crippen LogP contribution is -2.61. The summed E-state index contributed by atoms with van der Waals surface area (Å²) in [5.74, 6) is 1.98. The quantitative estimate of drug-likeness (QED) is 0.436. The zero-order valence-corrected chi connectivity index (χ0v) is 20.0. The number of carbonyl (C=O) groups excluding carboxylic acids is 1. The lowest BCUT2D eigenvalue weighted by atomic mass is 9.52. The van der Waals surface area contributed by atoms with E-state index < -0.39 is 5.60 Å². The van der Waals surface area contributed by atoms with Gasteiger partial charge in [0.1, 0.15) is 5.56 Å². The fraction of sp³-hybridized carbons (Fsp3) is 0.750. The molecule has 1 aromatic rings. The summed E-state index contributed by atoms with van der Waals surface area (Å²) in [5.41, 5.74) is 5.76. The molecule has 4 fully saturated rings. The van der Waals surface area contributed by atoms with Gasteiger partial charge in [0.25, 0.3) is 5.91 Å². The van der Waals surface area contributed by atoms with Crippen molar-refractivity contribution in [3.63, 3.8) is 0 Å². The molecular formula is C24H39N5O3. The van der Waals surface area contributed by atoms with Crippen LogP contribution >= 0.6 is 0 Å². The molecule has 2 unspecified atom stereocenters. The molecule has 1 heterocycles. The third kappa shape index (κ3) is 4.87. The standard InChI is InChI=1S/C24H39N5O3/c1-15(2)14-32-22-19(13-26-29(22)7-6-23(3,4)28-25-5)21(30)27-20-17-8-16-9-18(20)12-24(31,10-16)11-17/h6-7,13,15-18,20,25,28,31H,8-12,14H2,1-5H3,(H,27,30). The molecule has 1 aromatic heterocycles. The van der Waals surface area contributed by atoms with E-state index in [2.05, 4.69) is 35.1 Å². The molecule has 8 heteroatoms. The number of ether oxygens (including phenoxy) is 1. The van der Waals surface area contributed by atoms with Crippen LogP contribution in [0.5, 0.6) is 5.88 Å². The zero-order chi connectivity index (χ0) is 23.1. The molecule has 0 radical (unpaired) electrons. The minimum Gasteiger partial charge on any atom is -0.477 e. The summed E-state index contributed by atoms with van der Waals surface area (Å²) < 4.78 is 7.69. The lowest BCUT2D eigenvalue weighted by molar-refractivity contribution is -0.136. The second-order valence-electron chi connectivity index (χ2n) is 11.1. The van der Waals surface area contributed by atoms with Gasteiger partial charge in [0.05, 0.1) is 18.4 Å². The molecule has 4 aliphatic carbocycles. The lowest BCUT2D eigenvalue weighted by Gasteiger charge is -2.58. The number of nitrogens with one attached hydrogen (secondary N) is 3. The Balaban J connectivity index is 1.52. The van der Waals surface area contributed by atoms with Gasteiger partial charge in [-0.05, 0) is 82.7 Å². The summed E-state index contributed by atoms with van der Waals surface area (Å²) in [7, 11) is 1.83. The molecule has 0 saturated heterocycles. The molecule has 4 aliphatic rings. The predicted molar refractivity (Wildman–Crippen MR) is 124 cm³/mol. The van der Waals surface area contributed by atoms with Gasteiger partial charge < -0.3 is 15.2 Å². The van der Waals surface area contributed by atoms with Crippen molar-refractivity contribution >= 4 is 12.1 Å². The maximum Gasteiger partial charge on any atom is 0.258 e. The van der Waals surface area contributed by atoms with E-state index in [0.29, 0.717) is 41.7 Å². The number of carbonyl (C=O) groups is 1. The molecular weight excluding hydrogens is 406 g/mol. The Hall–Kier alpha value is -1.90. The highest BCUT2D eigenvalue weighted by Gasteiger charge is 2.55. The van der Waals surface area contributed by atoms with Crippen LogP contribution in [0.15, 0.2) is 12.3 Å². The number of hydrogen-bond acceptors (Lipinski definition) is 6. The van der Waals surface area contributed by atoms with Crippen LogP contribution in [0.4, 0.5) is 0 Å². The average molecular weight is 446 g/mol. The molecule has 4 bridgehead atoms. The zero-order valence-electron chi connectivity index (χ0n) is 20.0. The van der Waals surface area contributed by atoms with Crippen LogP contribution in [-0.2, 0) is 0 Å². The maximum atomic E-state index is 13.3. The van der Waals surface area contributed by atoms with Crippen molar-refractivity contribution in [1.82, 2.24) is 25.9 Å². The Bertz CT molecular complexity index is 846. The largest absolute Gasteiger partial charge is 0.477 e. The first-order valence-electron chi connectivity index (χ1n) is 12.0. The smallest absolute Gasteiger partial charge is 0.258 e. The first-order valence-corrected chi connectivity index (χ1v) is 12.0.